The third-order valence-electron chi connectivity index (χ3n) is 2.58. The van der Waals surface area contributed by atoms with Crippen LogP contribution in [-0.4, -0.2) is 24.2 Å². The minimum atomic E-state index is -0.364. The molecule has 2 heterocycles. The van der Waals surface area contributed by atoms with Gasteiger partial charge < -0.3 is 4.74 Å². The van der Waals surface area contributed by atoms with Gasteiger partial charge in [0.15, 0.2) is 0 Å². The second-order valence-corrected chi connectivity index (χ2v) is 3.26. The fourth-order valence-electron chi connectivity index (χ4n) is 2.03. The van der Waals surface area contributed by atoms with E-state index >= 15 is 0 Å². The first-order chi connectivity index (χ1) is 5.81. The van der Waals surface area contributed by atoms with Crippen molar-refractivity contribution in [3.8, 4) is 0 Å². The van der Waals surface area contributed by atoms with E-state index in [-0.39, 0.29) is 24.0 Å². The van der Waals surface area contributed by atoms with E-state index in [0.717, 1.165) is 19.3 Å². The fraction of sp³-hybridized carbons (Fsp3) is 0.750. The molecule has 0 aliphatic carbocycles. The van der Waals surface area contributed by atoms with Gasteiger partial charge >= 0.3 is 0 Å². The summed E-state index contributed by atoms with van der Waals surface area (Å²) in [6.45, 7) is 0. The number of isocyanates is 1. The molecule has 3 atom stereocenters. The first-order valence-electron chi connectivity index (χ1n) is 4.08. The van der Waals surface area contributed by atoms with Crippen molar-refractivity contribution in [3.05, 3.63) is 0 Å². The van der Waals surface area contributed by atoms with E-state index in [1.54, 1.807) is 0 Å². The predicted molar refractivity (Wildman–Crippen MR) is 39.1 cm³/mol. The lowest BCUT2D eigenvalue weighted by molar-refractivity contribution is -0.122. The quantitative estimate of drug-likeness (QED) is 0.420. The number of carbonyl (C=O) groups is 1. The van der Waals surface area contributed by atoms with Crippen LogP contribution in [0.1, 0.15) is 19.3 Å². The molecule has 2 fully saturated rings. The zero-order chi connectivity index (χ0) is 8.55. The summed E-state index contributed by atoms with van der Waals surface area (Å²) in [4.78, 5) is 24.1. The van der Waals surface area contributed by atoms with Crippen LogP contribution >= 0.6 is 0 Å². The van der Waals surface area contributed by atoms with Gasteiger partial charge in [0.1, 0.15) is 0 Å². The molecule has 4 nitrogen and oxygen atoms in total. The molecule has 2 aliphatic rings. The molecule has 2 aliphatic heterocycles. The van der Waals surface area contributed by atoms with Crippen LogP contribution < -0.4 is 0 Å². The molecule has 0 radical (unpaired) electrons. The van der Waals surface area contributed by atoms with Crippen LogP contribution in [0.2, 0.25) is 0 Å². The van der Waals surface area contributed by atoms with Crippen molar-refractivity contribution in [1.82, 2.24) is 0 Å². The Kier molecular flexibility index (Phi) is 1.79. The highest BCUT2D eigenvalue weighted by atomic mass is 16.5. The maximum Gasteiger partial charge on any atom is 0.262 e. The number of aliphatic imine (C=N–C) groups is 1. The van der Waals surface area contributed by atoms with Gasteiger partial charge in [-0.25, -0.2) is 4.79 Å². The van der Waals surface area contributed by atoms with E-state index in [2.05, 4.69) is 4.99 Å². The van der Waals surface area contributed by atoms with Crippen molar-refractivity contribution in [2.45, 2.75) is 31.5 Å². The van der Waals surface area contributed by atoms with Crippen LogP contribution in [0, 0.1) is 5.92 Å². The highest BCUT2D eigenvalue weighted by Crippen LogP contribution is 2.39. The van der Waals surface area contributed by atoms with Crippen molar-refractivity contribution in [1.29, 1.82) is 0 Å². The summed E-state index contributed by atoms with van der Waals surface area (Å²) in [7, 11) is 0. The Labute approximate surface area is 69.6 Å². The van der Waals surface area contributed by atoms with E-state index in [0.29, 0.717) is 0 Å². The number of hydrogen-bond acceptors (Lipinski definition) is 3. The fourth-order valence-corrected chi connectivity index (χ4v) is 2.03. The third-order valence-corrected chi connectivity index (χ3v) is 2.58. The topological polar surface area (TPSA) is 55.7 Å². The van der Waals surface area contributed by atoms with Crippen LogP contribution in [0.5, 0.6) is 0 Å². The molecule has 0 aromatic rings. The zero-order valence-electron chi connectivity index (χ0n) is 6.53. The van der Waals surface area contributed by atoms with E-state index in [1.807, 2.05) is 0 Å². The van der Waals surface area contributed by atoms with Crippen LogP contribution in [0.25, 0.3) is 0 Å². The van der Waals surface area contributed by atoms with Gasteiger partial charge in [0.05, 0.1) is 18.1 Å². The van der Waals surface area contributed by atoms with Gasteiger partial charge in [0.25, 0.3) is 5.91 Å². The SMILES string of the molecule is O=C=NC(=O)C1CC2CCC1O2. The van der Waals surface area contributed by atoms with Crippen molar-refractivity contribution in [2.24, 2.45) is 10.9 Å². The minimum Gasteiger partial charge on any atom is -0.374 e. The summed E-state index contributed by atoms with van der Waals surface area (Å²) in [5, 5.41) is 0. The molecule has 0 aromatic heterocycles. The lowest BCUT2D eigenvalue weighted by Gasteiger charge is -2.12. The minimum absolute atomic E-state index is 0.0135. The third kappa shape index (κ3) is 1.09. The summed E-state index contributed by atoms with van der Waals surface area (Å²) in [5.41, 5.74) is 0. The van der Waals surface area contributed by atoms with Crippen LogP contribution in [0.4, 0.5) is 0 Å². The summed E-state index contributed by atoms with van der Waals surface area (Å²) < 4.78 is 5.44. The van der Waals surface area contributed by atoms with E-state index in [1.165, 1.54) is 6.08 Å². The van der Waals surface area contributed by atoms with Crippen molar-refractivity contribution < 1.29 is 14.3 Å². The maximum absolute atomic E-state index is 11.1. The first-order valence-corrected chi connectivity index (χ1v) is 4.08. The molecule has 2 bridgehead atoms. The van der Waals surface area contributed by atoms with Gasteiger partial charge in [0, 0.05) is 0 Å². The molecule has 0 aromatic carbocycles. The Morgan fingerprint density at radius 3 is 2.83 bits per heavy atom. The molecule has 0 spiro atoms. The lowest BCUT2D eigenvalue weighted by Crippen LogP contribution is -2.23. The van der Waals surface area contributed by atoms with E-state index < -0.39 is 0 Å². The molecule has 0 N–H and O–H groups in total. The Hall–Kier alpha value is -0.990. The molecule has 1 amide bonds. The van der Waals surface area contributed by atoms with Crippen molar-refractivity contribution >= 4 is 12.0 Å². The van der Waals surface area contributed by atoms with Gasteiger partial charge in [-0.1, -0.05) is 0 Å². The first kappa shape index (κ1) is 7.65. The van der Waals surface area contributed by atoms with Crippen LogP contribution in [0.15, 0.2) is 4.99 Å². The molecule has 12 heavy (non-hydrogen) atoms. The number of rotatable bonds is 1. The number of fused-ring (bicyclic) bond motifs is 2. The summed E-state index contributed by atoms with van der Waals surface area (Å²) >= 11 is 0. The van der Waals surface area contributed by atoms with Gasteiger partial charge in [-0.3, -0.25) is 4.79 Å². The lowest BCUT2D eigenvalue weighted by atomic mass is 9.89. The highest BCUT2D eigenvalue weighted by molar-refractivity contribution is 5.84. The monoisotopic (exact) mass is 167 g/mol. The molecule has 4 heteroatoms. The van der Waals surface area contributed by atoms with Crippen LogP contribution in [0.3, 0.4) is 0 Å². The summed E-state index contributed by atoms with van der Waals surface area (Å²) in [6, 6.07) is 0. The molecular weight excluding hydrogens is 158 g/mol. The van der Waals surface area contributed by atoms with Gasteiger partial charge in [0.2, 0.25) is 6.08 Å². The molecule has 2 saturated heterocycles. The molecule has 3 unspecified atom stereocenters. The van der Waals surface area contributed by atoms with Crippen LogP contribution in [-0.2, 0) is 14.3 Å². The highest BCUT2D eigenvalue weighted by Gasteiger charge is 2.44. The Balaban J connectivity index is 2.07. The molecule has 64 valence electrons. The maximum atomic E-state index is 11.1. The van der Waals surface area contributed by atoms with Gasteiger partial charge in [-0.05, 0) is 19.3 Å². The number of ether oxygens (including phenoxy) is 1. The largest absolute Gasteiger partial charge is 0.374 e. The average Bonchev–Trinajstić information content (AvgIpc) is 2.64. The predicted octanol–water partition coefficient (Wildman–Crippen LogP) is 0.416. The number of amides is 1. The Morgan fingerprint density at radius 1 is 1.50 bits per heavy atom. The number of carbonyl (C=O) groups excluding carboxylic acids is 2. The zero-order valence-corrected chi connectivity index (χ0v) is 6.53. The van der Waals surface area contributed by atoms with E-state index in [4.69, 9.17) is 4.74 Å². The molecular formula is C8H9NO3. The number of hydrogen-bond donors (Lipinski definition) is 0. The van der Waals surface area contributed by atoms with Crippen molar-refractivity contribution in [2.75, 3.05) is 0 Å². The summed E-state index contributed by atoms with van der Waals surface area (Å²) in [6.07, 6.45) is 4.21. The summed E-state index contributed by atoms with van der Waals surface area (Å²) in [5.74, 6) is -0.539. The van der Waals surface area contributed by atoms with Gasteiger partial charge in [-0.2, -0.15) is 0 Å². The van der Waals surface area contributed by atoms with Gasteiger partial charge in [-0.15, -0.1) is 4.99 Å². The standard InChI is InChI=1S/C8H9NO3/c10-4-9-8(11)6-3-5-1-2-7(6)12-5/h5-7H,1-3H2. The molecule has 2 rings (SSSR count). The number of nitrogens with zero attached hydrogens (tertiary/aromatic N) is 1. The second kappa shape index (κ2) is 2.81. The Morgan fingerprint density at radius 2 is 2.33 bits per heavy atom. The Bertz CT molecular complexity index is 257. The smallest absolute Gasteiger partial charge is 0.262 e. The molecule has 0 saturated carbocycles. The van der Waals surface area contributed by atoms with E-state index in [9.17, 15) is 9.59 Å². The average molecular weight is 167 g/mol. The second-order valence-electron chi connectivity index (χ2n) is 3.26. The van der Waals surface area contributed by atoms with Crippen molar-refractivity contribution in [3.63, 3.8) is 0 Å². The normalized spacial score (nSPS) is 37.8.